The van der Waals surface area contributed by atoms with Gasteiger partial charge in [-0.1, -0.05) is 55.1 Å². The Morgan fingerprint density at radius 1 is 0.913 bits per heavy atom. The van der Waals surface area contributed by atoms with Crippen molar-refractivity contribution in [1.29, 1.82) is 0 Å². The van der Waals surface area contributed by atoms with Crippen molar-refractivity contribution in [2.45, 2.75) is 6.92 Å². The van der Waals surface area contributed by atoms with Crippen LogP contribution in [-0.2, 0) is 9.53 Å². The number of hydrogen-bond donors (Lipinski definition) is 0. The quantitative estimate of drug-likeness (QED) is 0.539. The van der Waals surface area contributed by atoms with Crippen LogP contribution in [0.4, 0.5) is 0 Å². The van der Waals surface area contributed by atoms with Crippen LogP contribution in [0.15, 0.2) is 61.2 Å². The van der Waals surface area contributed by atoms with Crippen LogP contribution in [0.2, 0.25) is 0 Å². The summed E-state index contributed by atoms with van der Waals surface area (Å²) in [5.41, 5.74) is 2.02. The minimum Gasteiger partial charge on any atom is -0.463 e. The Kier molecular flexibility index (Phi) is 5.20. The van der Waals surface area contributed by atoms with Crippen LogP contribution in [-0.4, -0.2) is 24.1 Å². The molecule has 116 valence electrons. The van der Waals surface area contributed by atoms with Crippen molar-refractivity contribution in [2.75, 3.05) is 6.61 Å². The van der Waals surface area contributed by atoms with E-state index in [1.54, 1.807) is 55.5 Å². The molecule has 2 aromatic carbocycles. The van der Waals surface area contributed by atoms with E-state index < -0.39 is 0 Å². The number of carbonyl (C=O) groups is 3. The summed E-state index contributed by atoms with van der Waals surface area (Å²) in [5, 5.41) is 0. The zero-order chi connectivity index (χ0) is 16.8. The van der Waals surface area contributed by atoms with Gasteiger partial charge >= 0.3 is 5.97 Å². The van der Waals surface area contributed by atoms with Gasteiger partial charge in [-0.2, -0.15) is 0 Å². The molecule has 0 N–H and O–H groups in total. The van der Waals surface area contributed by atoms with Gasteiger partial charge in [-0.15, -0.1) is 0 Å². The topological polar surface area (TPSA) is 60.4 Å². The van der Waals surface area contributed by atoms with Gasteiger partial charge in [-0.05, 0) is 6.92 Å². The number of carbonyl (C=O) groups excluding carboxylic acids is 3. The van der Waals surface area contributed by atoms with Crippen molar-refractivity contribution in [3.8, 4) is 0 Å². The molecule has 1 aliphatic carbocycles. The third kappa shape index (κ3) is 3.43. The summed E-state index contributed by atoms with van der Waals surface area (Å²) in [4.78, 5) is 34.3. The molecule has 0 fully saturated rings. The zero-order valence-electron chi connectivity index (χ0n) is 12.7. The molecule has 3 rings (SSSR count). The first-order valence-electron chi connectivity index (χ1n) is 7.16. The highest BCUT2D eigenvalue weighted by Crippen LogP contribution is 2.26. The van der Waals surface area contributed by atoms with Gasteiger partial charge in [0.25, 0.3) is 0 Å². The van der Waals surface area contributed by atoms with Gasteiger partial charge in [0, 0.05) is 28.3 Å². The first kappa shape index (κ1) is 16.4. The van der Waals surface area contributed by atoms with Crippen molar-refractivity contribution in [1.82, 2.24) is 0 Å². The number of ether oxygens (including phenoxy) is 1. The molecule has 1 aliphatic rings. The van der Waals surface area contributed by atoms with Gasteiger partial charge in [0.05, 0.1) is 6.61 Å². The summed E-state index contributed by atoms with van der Waals surface area (Å²) in [6, 6.07) is 13.9. The highest BCUT2D eigenvalue weighted by Gasteiger charge is 2.28. The third-order valence-corrected chi connectivity index (χ3v) is 3.29. The molecule has 0 saturated carbocycles. The molecule has 0 aliphatic heterocycles. The van der Waals surface area contributed by atoms with Gasteiger partial charge in [0.1, 0.15) is 0 Å². The first-order chi connectivity index (χ1) is 11.1. The number of ketones is 2. The number of fused-ring (bicyclic) bond motifs is 2. The minimum absolute atomic E-state index is 0.0641. The maximum absolute atomic E-state index is 12.1. The van der Waals surface area contributed by atoms with Crippen molar-refractivity contribution in [3.05, 3.63) is 83.4 Å². The van der Waals surface area contributed by atoms with E-state index in [9.17, 15) is 14.4 Å². The summed E-state index contributed by atoms with van der Waals surface area (Å²) < 4.78 is 4.43. The van der Waals surface area contributed by atoms with E-state index in [2.05, 4.69) is 11.3 Å². The lowest BCUT2D eigenvalue weighted by Crippen LogP contribution is -2.20. The fraction of sp³-hybridized carbons (Fsp3) is 0.105. The monoisotopic (exact) mass is 308 g/mol. The van der Waals surface area contributed by atoms with E-state index in [4.69, 9.17) is 0 Å². The standard InChI is InChI=1S/C14H8O2.C5H8O2/c15-13-9-5-1-2-6-10(9)14(16)12-8-4-3-7-11(12)13;1-3-5(6)7-4-2/h1-8H;3H,1,4H2,2H3. The largest absolute Gasteiger partial charge is 0.463 e. The summed E-state index contributed by atoms with van der Waals surface area (Å²) in [5.74, 6) is -0.487. The SMILES string of the molecule is C=CC(=O)OCC.O=C1c2ccccc2C(=O)c2ccccc21. The average Bonchev–Trinajstić information content (AvgIpc) is 2.60. The number of esters is 1. The molecule has 0 bridgehead atoms. The van der Waals surface area contributed by atoms with E-state index in [0.29, 0.717) is 28.9 Å². The lowest BCUT2D eigenvalue weighted by molar-refractivity contribution is -0.137. The predicted octanol–water partition coefficient (Wildman–Crippen LogP) is 3.20. The molecule has 0 radical (unpaired) electrons. The van der Waals surface area contributed by atoms with Crippen LogP contribution in [0.5, 0.6) is 0 Å². The predicted molar refractivity (Wildman–Crippen MR) is 86.6 cm³/mol. The molecule has 0 heterocycles. The summed E-state index contributed by atoms with van der Waals surface area (Å²) in [6.07, 6.45) is 1.14. The average molecular weight is 308 g/mol. The van der Waals surface area contributed by atoms with Crippen LogP contribution >= 0.6 is 0 Å². The molecule has 0 spiro atoms. The Morgan fingerprint density at radius 2 is 1.26 bits per heavy atom. The number of hydrogen-bond acceptors (Lipinski definition) is 4. The molecular weight excluding hydrogens is 292 g/mol. The number of rotatable bonds is 2. The summed E-state index contributed by atoms with van der Waals surface area (Å²) >= 11 is 0. The van der Waals surface area contributed by atoms with E-state index in [1.165, 1.54) is 0 Å². The molecule has 4 nitrogen and oxygen atoms in total. The second-order valence-corrected chi connectivity index (χ2v) is 4.71. The molecule has 0 atom stereocenters. The minimum atomic E-state index is -0.359. The Balaban J connectivity index is 0.000000236. The lowest BCUT2D eigenvalue weighted by Gasteiger charge is -2.16. The molecule has 4 heteroatoms. The van der Waals surface area contributed by atoms with Crippen LogP contribution in [0.1, 0.15) is 38.8 Å². The van der Waals surface area contributed by atoms with Gasteiger partial charge in [-0.3, -0.25) is 9.59 Å². The normalized spacial score (nSPS) is 11.5. The van der Waals surface area contributed by atoms with Gasteiger partial charge in [-0.25, -0.2) is 4.79 Å². The first-order valence-corrected chi connectivity index (χ1v) is 7.16. The molecule has 23 heavy (non-hydrogen) atoms. The van der Waals surface area contributed by atoms with E-state index in [1.807, 2.05) is 0 Å². The molecular formula is C19H16O4. The Bertz CT molecular complexity index is 669. The Labute approximate surface area is 134 Å². The zero-order valence-corrected chi connectivity index (χ0v) is 12.7. The van der Waals surface area contributed by atoms with Crippen LogP contribution in [0.3, 0.4) is 0 Å². The van der Waals surface area contributed by atoms with Crippen molar-refractivity contribution in [3.63, 3.8) is 0 Å². The van der Waals surface area contributed by atoms with Crippen molar-refractivity contribution in [2.24, 2.45) is 0 Å². The van der Waals surface area contributed by atoms with Crippen LogP contribution in [0, 0.1) is 0 Å². The molecule has 0 saturated heterocycles. The second kappa shape index (κ2) is 7.31. The van der Waals surface area contributed by atoms with E-state index in [-0.39, 0.29) is 17.5 Å². The molecule has 0 unspecified atom stereocenters. The smallest absolute Gasteiger partial charge is 0.330 e. The fourth-order valence-electron chi connectivity index (χ4n) is 2.25. The van der Waals surface area contributed by atoms with Crippen LogP contribution < -0.4 is 0 Å². The van der Waals surface area contributed by atoms with E-state index >= 15 is 0 Å². The number of benzene rings is 2. The molecule has 0 aromatic heterocycles. The van der Waals surface area contributed by atoms with Crippen molar-refractivity contribution >= 4 is 17.5 Å². The molecule has 0 amide bonds. The third-order valence-electron chi connectivity index (χ3n) is 3.29. The Morgan fingerprint density at radius 3 is 1.48 bits per heavy atom. The second-order valence-electron chi connectivity index (χ2n) is 4.71. The molecule has 2 aromatic rings. The van der Waals surface area contributed by atoms with Gasteiger partial charge < -0.3 is 4.74 Å². The highest BCUT2D eigenvalue weighted by atomic mass is 16.5. The maximum Gasteiger partial charge on any atom is 0.330 e. The van der Waals surface area contributed by atoms with Crippen LogP contribution in [0.25, 0.3) is 0 Å². The maximum atomic E-state index is 12.1. The van der Waals surface area contributed by atoms with Gasteiger partial charge in [0.2, 0.25) is 0 Å². The fourth-order valence-corrected chi connectivity index (χ4v) is 2.25. The van der Waals surface area contributed by atoms with E-state index in [0.717, 1.165) is 6.08 Å². The van der Waals surface area contributed by atoms with Gasteiger partial charge in [0.15, 0.2) is 11.6 Å². The Hall–Kier alpha value is -3.01. The summed E-state index contributed by atoms with van der Waals surface area (Å²) in [7, 11) is 0. The van der Waals surface area contributed by atoms with Crippen molar-refractivity contribution < 1.29 is 19.1 Å². The summed E-state index contributed by atoms with van der Waals surface area (Å²) in [6.45, 7) is 5.38. The lowest BCUT2D eigenvalue weighted by atomic mass is 9.84. The highest BCUT2D eigenvalue weighted by molar-refractivity contribution is 6.28.